The van der Waals surface area contributed by atoms with Crippen LogP contribution in [0.1, 0.15) is 5.69 Å². The molecule has 2 amide bonds. The molecule has 3 N–H and O–H groups in total. The molecule has 1 fully saturated rings. The zero-order chi connectivity index (χ0) is 25.1. The lowest BCUT2D eigenvalue weighted by Gasteiger charge is -2.38. The highest BCUT2D eigenvalue weighted by atomic mass is 32.2. The van der Waals surface area contributed by atoms with E-state index in [1.54, 1.807) is 5.38 Å². The van der Waals surface area contributed by atoms with Gasteiger partial charge in [-0.1, -0.05) is 0 Å². The van der Waals surface area contributed by atoms with Gasteiger partial charge in [0.05, 0.1) is 10.6 Å². The summed E-state index contributed by atoms with van der Waals surface area (Å²) in [5, 5.41) is 22.9. The average molecular weight is 524 g/mol. The van der Waals surface area contributed by atoms with E-state index in [-0.39, 0.29) is 24.8 Å². The number of aliphatic carboxylic acids is 1. The SMILES string of the molecule is O=C(O)[C@H]1CN(C(=O)Nc2nc(CCO)cs2)CCN1S(=O)(=O)c1ccc(OC(F)(F)F)cc1. The number of sulfonamides is 1. The first-order valence-corrected chi connectivity index (χ1v) is 11.9. The number of hydrogen-bond acceptors (Lipinski definition) is 8. The molecule has 16 heteroatoms. The zero-order valence-electron chi connectivity index (χ0n) is 17.2. The van der Waals surface area contributed by atoms with Crippen molar-refractivity contribution in [1.29, 1.82) is 0 Å². The summed E-state index contributed by atoms with van der Waals surface area (Å²) >= 11 is 1.11. The van der Waals surface area contributed by atoms with Gasteiger partial charge in [0.2, 0.25) is 10.0 Å². The minimum Gasteiger partial charge on any atom is -0.480 e. The number of ether oxygens (including phenoxy) is 1. The van der Waals surface area contributed by atoms with E-state index >= 15 is 0 Å². The van der Waals surface area contributed by atoms with Crippen LogP contribution in [0.2, 0.25) is 0 Å². The van der Waals surface area contributed by atoms with Gasteiger partial charge in [-0.05, 0) is 24.3 Å². The summed E-state index contributed by atoms with van der Waals surface area (Å²) in [5.74, 6) is -2.13. The molecule has 0 saturated carbocycles. The number of aliphatic hydroxyl groups is 1. The summed E-state index contributed by atoms with van der Waals surface area (Å²) in [6.45, 7) is -1.09. The van der Waals surface area contributed by atoms with Gasteiger partial charge in [0.1, 0.15) is 11.8 Å². The smallest absolute Gasteiger partial charge is 0.480 e. The van der Waals surface area contributed by atoms with E-state index < -0.39 is 51.6 Å². The first-order valence-electron chi connectivity index (χ1n) is 9.62. The fraction of sp³-hybridized carbons (Fsp3) is 0.389. The highest BCUT2D eigenvalue weighted by Gasteiger charge is 2.41. The van der Waals surface area contributed by atoms with Crippen LogP contribution in [0.15, 0.2) is 34.5 Å². The van der Waals surface area contributed by atoms with Crippen LogP contribution in [0.5, 0.6) is 5.75 Å². The molecule has 0 radical (unpaired) electrons. The molecule has 1 aliphatic rings. The quantitative estimate of drug-likeness (QED) is 0.494. The number of piperazine rings is 1. The van der Waals surface area contributed by atoms with Crippen molar-refractivity contribution in [1.82, 2.24) is 14.2 Å². The Kier molecular flexibility index (Phi) is 7.64. The third kappa shape index (κ3) is 6.13. The van der Waals surface area contributed by atoms with Crippen molar-refractivity contribution >= 4 is 38.5 Å². The third-order valence-corrected chi connectivity index (χ3v) is 7.43. The van der Waals surface area contributed by atoms with E-state index in [0.29, 0.717) is 16.4 Å². The van der Waals surface area contributed by atoms with Crippen LogP contribution in [-0.4, -0.2) is 83.5 Å². The summed E-state index contributed by atoms with van der Waals surface area (Å²) < 4.78 is 67.3. The molecule has 1 aromatic carbocycles. The topological polar surface area (TPSA) is 149 Å². The molecule has 0 unspecified atom stereocenters. The van der Waals surface area contributed by atoms with Crippen molar-refractivity contribution in [2.75, 3.05) is 31.6 Å². The molecule has 1 aliphatic heterocycles. The number of benzene rings is 1. The average Bonchev–Trinajstić information content (AvgIpc) is 3.19. The van der Waals surface area contributed by atoms with E-state index in [2.05, 4.69) is 15.0 Å². The Morgan fingerprint density at radius 1 is 1.24 bits per heavy atom. The number of amides is 2. The predicted molar refractivity (Wildman–Crippen MR) is 112 cm³/mol. The number of nitrogens with one attached hydrogen (secondary N) is 1. The maximum atomic E-state index is 13.0. The van der Waals surface area contributed by atoms with Crippen LogP contribution in [0.25, 0.3) is 0 Å². The van der Waals surface area contributed by atoms with Crippen LogP contribution in [0.3, 0.4) is 0 Å². The lowest BCUT2D eigenvalue weighted by Crippen LogP contribution is -2.59. The molecule has 2 heterocycles. The second-order valence-electron chi connectivity index (χ2n) is 6.98. The van der Waals surface area contributed by atoms with Crippen molar-refractivity contribution in [2.24, 2.45) is 0 Å². The van der Waals surface area contributed by atoms with Gasteiger partial charge in [-0.2, -0.15) is 4.31 Å². The van der Waals surface area contributed by atoms with Crippen molar-refractivity contribution in [3.63, 3.8) is 0 Å². The van der Waals surface area contributed by atoms with E-state index in [9.17, 15) is 36.3 Å². The van der Waals surface area contributed by atoms with Gasteiger partial charge in [-0.15, -0.1) is 24.5 Å². The number of carboxylic acids is 1. The minimum atomic E-state index is -4.95. The van der Waals surface area contributed by atoms with Crippen LogP contribution in [0, 0.1) is 0 Å². The molecule has 1 saturated heterocycles. The van der Waals surface area contributed by atoms with Gasteiger partial charge in [0, 0.05) is 38.0 Å². The number of carboxylic acid groups (broad SMARTS) is 1. The number of rotatable bonds is 7. The number of nitrogens with zero attached hydrogens (tertiary/aromatic N) is 3. The first-order chi connectivity index (χ1) is 15.9. The number of aliphatic hydroxyl groups excluding tert-OH is 1. The summed E-state index contributed by atoms with van der Waals surface area (Å²) in [5.41, 5.74) is 0.564. The molecule has 11 nitrogen and oxygen atoms in total. The summed E-state index contributed by atoms with van der Waals surface area (Å²) in [7, 11) is -4.40. The van der Waals surface area contributed by atoms with Gasteiger partial charge < -0.3 is 19.8 Å². The number of urea groups is 1. The van der Waals surface area contributed by atoms with Crippen LogP contribution < -0.4 is 10.1 Å². The van der Waals surface area contributed by atoms with Gasteiger partial charge in [-0.3, -0.25) is 10.1 Å². The van der Waals surface area contributed by atoms with E-state index in [1.807, 2.05) is 0 Å². The Hall–Kier alpha value is -2.95. The molecule has 34 heavy (non-hydrogen) atoms. The second kappa shape index (κ2) is 10.1. The standard InChI is InChI=1S/C18H19F3N4O7S2/c19-18(20,21)32-12-1-3-13(4-2-12)34(30,31)25-7-6-24(9-14(25)15(27)28)17(29)23-16-22-11(5-8-26)10-33-16/h1-4,10,14,26H,5-9H2,(H,27,28)(H,22,23,29)/t14-/m1/s1. The van der Waals surface area contributed by atoms with Crippen molar-refractivity contribution < 1.29 is 46.1 Å². The van der Waals surface area contributed by atoms with E-state index in [4.69, 9.17) is 5.11 Å². The van der Waals surface area contributed by atoms with Gasteiger partial charge in [0.15, 0.2) is 5.13 Å². The summed E-state index contributed by atoms with van der Waals surface area (Å²) in [4.78, 5) is 29.2. The molecule has 1 atom stereocenters. The Morgan fingerprint density at radius 3 is 2.50 bits per heavy atom. The number of thiazole rings is 1. The Morgan fingerprint density at radius 2 is 1.91 bits per heavy atom. The van der Waals surface area contributed by atoms with Gasteiger partial charge in [-0.25, -0.2) is 18.2 Å². The molecule has 3 rings (SSSR count). The molecule has 186 valence electrons. The van der Waals surface area contributed by atoms with E-state index in [1.165, 1.54) is 0 Å². The van der Waals surface area contributed by atoms with Crippen molar-refractivity contribution in [3.05, 3.63) is 35.3 Å². The summed E-state index contributed by atoms with van der Waals surface area (Å²) in [6, 6.07) is 1.05. The number of anilines is 1. The Labute approximate surface area is 195 Å². The summed E-state index contributed by atoms with van der Waals surface area (Å²) in [6.07, 6.45) is -4.65. The molecule has 0 spiro atoms. The molecule has 0 bridgehead atoms. The van der Waals surface area contributed by atoms with Crippen LogP contribution in [0.4, 0.5) is 23.1 Å². The maximum Gasteiger partial charge on any atom is 0.573 e. The fourth-order valence-corrected chi connectivity index (χ4v) is 5.45. The highest BCUT2D eigenvalue weighted by molar-refractivity contribution is 7.89. The number of carbonyl (C=O) groups excluding carboxylic acids is 1. The fourth-order valence-electron chi connectivity index (χ4n) is 3.15. The molecule has 0 aliphatic carbocycles. The number of carbonyl (C=O) groups is 2. The van der Waals surface area contributed by atoms with Crippen LogP contribution >= 0.6 is 11.3 Å². The highest BCUT2D eigenvalue weighted by Crippen LogP contribution is 2.27. The monoisotopic (exact) mass is 524 g/mol. The van der Waals surface area contributed by atoms with Crippen LogP contribution in [-0.2, 0) is 21.2 Å². The lowest BCUT2D eigenvalue weighted by molar-refractivity contribution is -0.274. The zero-order valence-corrected chi connectivity index (χ0v) is 18.9. The second-order valence-corrected chi connectivity index (χ2v) is 9.73. The Balaban J connectivity index is 1.72. The van der Waals surface area contributed by atoms with Gasteiger partial charge >= 0.3 is 18.4 Å². The minimum absolute atomic E-state index is 0.119. The number of hydrogen-bond donors (Lipinski definition) is 3. The number of halogens is 3. The molecule has 2 aromatic rings. The lowest BCUT2D eigenvalue weighted by atomic mass is 10.2. The number of alkyl halides is 3. The first kappa shape index (κ1) is 25.7. The molecular formula is C18H19F3N4O7S2. The van der Waals surface area contributed by atoms with Crippen molar-refractivity contribution in [3.8, 4) is 5.75 Å². The Bertz CT molecular complexity index is 1140. The maximum absolute atomic E-state index is 13.0. The number of aromatic nitrogens is 1. The third-order valence-electron chi connectivity index (χ3n) is 4.70. The predicted octanol–water partition coefficient (Wildman–Crippen LogP) is 1.57. The van der Waals surface area contributed by atoms with Gasteiger partial charge in [0.25, 0.3) is 0 Å². The largest absolute Gasteiger partial charge is 0.573 e. The van der Waals surface area contributed by atoms with Crippen molar-refractivity contribution in [2.45, 2.75) is 23.7 Å². The van der Waals surface area contributed by atoms with E-state index in [0.717, 1.165) is 40.5 Å². The normalized spacial score (nSPS) is 17.4. The molecular weight excluding hydrogens is 505 g/mol. The molecule has 1 aromatic heterocycles.